The molecule has 2 unspecified atom stereocenters. The number of carbonyl (C=O) groups excluding carboxylic acids is 1. The van der Waals surface area contributed by atoms with Crippen LogP contribution in [0.15, 0.2) is 42.5 Å². The van der Waals surface area contributed by atoms with E-state index in [0.29, 0.717) is 30.2 Å². The van der Waals surface area contributed by atoms with Crippen LogP contribution in [0.3, 0.4) is 0 Å². The Bertz CT molecular complexity index is 1870. The fourth-order valence-electron chi connectivity index (χ4n) is 6.36. The number of aryl methyl sites for hydroxylation is 3. The number of hydrogen-bond donors (Lipinski definition) is 0. The molecule has 45 heavy (non-hydrogen) atoms. The highest BCUT2D eigenvalue weighted by Crippen LogP contribution is 2.44. The minimum atomic E-state index is -4.18. The summed E-state index contributed by atoms with van der Waals surface area (Å²) >= 11 is 0. The zero-order chi connectivity index (χ0) is 31.9. The van der Waals surface area contributed by atoms with Crippen molar-refractivity contribution < 1.29 is 31.6 Å². The van der Waals surface area contributed by atoms with E-state index < -0.39 is 16.3 Å². The van der Waals surface area contributed by atoms with E-state index in [0.717, 1.165) is 51.7 Å². The maximum Gasteiger partial charge on any atom is 0.386 e. The molecule has 0 amide bonds. The second-order valence-electron chi connectivity index (χ2n) is 11.6. The summed E-state index contributed by atoms with van der Waals surface area (Å²) in [5.41, 5.74) is 6.81. The number of nitrogens with zero attached hydrogens (tertiary/aromatic N) is 4. The van der Waals surface area contributed by atoms with Crippen molar-refractivity contribution in [3.63, 3.8) is 0 Å². The summed E-state index contributed by atoms with van der Waals surface area (Å²) in [4.78, 5) is 12.9. The molecule has 0 fully saturated rings. The highest BCUT2D eigenvalue weighted by Gasteiger charge is 2.38. The Balaban J connectivity index is 1.51. The van der Waals surface area contributed by atoms with Crippen molar-refractivity contribution in [2.75, 3.05) is 20.3 Å². The van der Waals surface area contributed by atoms with Crippen LogP contribution in [-0.2, 0) is 32.9 Å². The summed E-state index contributed by atoms with van der Waals surface area (Å²) in [6.45, 7) is 9.06. The van der Waals surface area contributed by atoms with Crippen LogP contribution in [-0.4, -0.2) is 54.0 Å². The summed E-state index contributed by atoms with van der Waals surface area (Å²) in [6.07, 6.45) is 1.69. The smallest absolute Gasteiger partial charge is 0.386 e. The second kappa shape index (κ2) is 12.3. The van der Waals surface area contributed by atoms with Crippen molar-refractivity contribution in [1.29, 1.82) is 0 Å². The first-order valence-electron chi connectivity index (χ1n) is 15.2. The van der Waals surface area contributed by atoms with Gasteiger partial charge < -0.3 is 18.4 Å². The topological polar surface area (TPSA) is 122 Å². The van der Waals surface area contributed by atoms with Gasteiger partial charge in [0.25, 0.3) is 0 Å². The molecule has 7 rings (SSSR count). The van der Waals surface area contributed by atoms with E-state index in [2.05, 4.69) is 10.3 Å². The fourth-order valence-corrected chi connectivity index (χ4v) is 7.66. The molecule has 0 saturated carbocycles. The summed E-state index contributed by atoms with van der Waals surface area (Å²) in [7, 11) is -2.70. The van der Waals surface area contributed by atoms with Gasteiger partial charge in [-0.3, -0.25) is 4.79 Å². The molecular formula is C33H38N4O7S. The SMILES string of the molecule is CCOC(=O)CC1c2ccc(C)c(c2)[C@@H](C)N2Cc3cc(cc(OC)c3OS2(=O)=O)OCCCCn2nnc3c(C)c1ccc32. The molecule has 3 aromatic carbocycles. The molecule has 3 atom stereocenters. The number of esters is 1. The largest absolute Gasteiger partial charge is 0.493 e. The van der Waals surface area contributed by atoms with E-state index >= 15 is 0 Å². The molecule has 1 aromatic heterocycles. The van der Waals surface area contributed by atoms with Gasteiger partial charge in [0.15, 0.2) is 11.5 Å². The standard InChI is InChI=1S/C33H38N4O7S/c1-6-42-31(38)18-28-23-10-9-20(2)27(16-23)22(4)37-19-24-15-25(17-30(41-5)33(24)44-45(37,39)40)43-14-8-7-13-36-29-12-11-26(28)21(3)32(29)34-35-36/h9-12,15-17,22,28H,6-8,13-14,18-19H2,1-5H3/t22-,28?/m1/s1. The Morgan fingerprint density at radius 2 is 1.91 bits per heavy atom. The average molecular weight is 635 g/mol. The minimum absolute atomic E-state index is 0.0736. The van der Waals surface area contributed by atoms with Gasteiger partial charge in [0.05, 0.1) is 38.3 Å². The monoisotopic (exact) mass is 634 g/mol. The Hall–Kier alpha value is -4.16. The Labute approximate surface area is 263 Å². The van der Waals surface area contributed by atoms with Crippen molar-refractivity contribution in [3.8, 4) is 17.2 Å². The zero-order valence-corrected chi connectivity index (χ0v) is 27.0. The highest BCUT2D eigenvalue weighted by molar-refractivity contribution is 7.84. The maximum absolute atomic E-state index is 13.6. The van der Waals surface area contributed by atoms with E-state index in [-0.39, 0.29) is 37.2 Å². The third kappa shape index (κ3) is 5.84. The zero-order valence-electron chi connectivity index (χ0n) is 26.2. The predicted octanol–water partition coefficient (Wildman–Crippen LogP) is 5.51. The van der Waals surface area contributed by atoms with Gasteiger partial charge in [0.2, 0.25) is 0 Å². The molecule has 11 nitrogen and oxygen atoms in total. The summed E-state index contributed by atoms with van der Waals surface area (Å²) in [6, 6.07) is 12.9. The number of fused-ring (bicyclic) bond motifs is 5. The van der Waals surface area contributed by atoms with Crippen molar-refractivity contribution in [2.24, 2.45) is 0 Å². The summed E-state index contributed by atoms with van der Waals surface area (Å²) in [5, 5.41) is 8.97. The third-order valence-electron chi connectivity index (χ3n) is 8.78. The van der Waals surface area contributed by atoms with Crippen molar-refractivity contribution in [1.82, 2.24) is 19.3 Å². The van der Waals surface area contributed by atoms with Crippen LogP contribution in [0.1, 0.15) is 78.5 Å². The predicted molar refractivity (Wildman–Crippen MR) is 168 cm³/mol. The van der Waals surface area contributed by atoms with E-state index in [1.165, 1.54) is 11.4 Å². The molecule has 238 valence electrons. The third-order valence-corrected chi connectivity index (χ3v) is 10.2. The van der Waals surface area contributed by atoms with E-state index in [9.17, 15) is 13.2 Å². The second-order valence-corrected chi connectivity index (χ2v) is 13.1. The lowest BCUT2D eigenvalue weighted by Gasteiger charge is -2.34. The quantitative estimate of drug-likeness (QED) is 0.267. The number of aromatic nitrogens is 3. The minimum Gasteiger partial charge on any atom is -0.493 e. The number of hydrogen-bond acceptors (Lipinski definition) is 9. The lowest BCUT2D eigenvalue weighted by atomic mass is 9.83. The highest BCUT2D eigenvalue weighted by atomic mass is 32.2. The van der Waals surface area contributed by atoms with Crippen LogP contribution in [0.5, 0.6) is 17.2 Å². The molecule has 3 aliphatic heterocycles. The Morgan fingerprint density at radius 3 is 2.69 bits per heavy atom. The fraction of sp³-hybridized carbons (Fsp3) is 0.424. The number of ether oxygens (including phenoxy) is 3. The van der Waals surface area contributed by atoms with E-state index in [4.69, 9.17) is 18.4 Å². The van der Waals surface area contributed by atoms with Gasteiger partial charge in [-0.15, -0.1) is 5.10 Å². The molecule has 12 heteroatoms. The summed E-state index contributed by atoms with van der Waals surface area (Å²) < 4.78 is 53.1. The normalized spacial score (nSPS) is 20.9. The summed E-state index contributed by atoms with van der Waals surface area (Å²) in [5.74, 6) is 0.374. The van der Waals surface area contributed by atoms with Crippen LogP contribution >= 0.6 is 0 Å². The first kappa shape index (κ1) is 30.8. The van der Waals surface area contributed by atoms with Crippen LogP contribution < -0.4 is 13.7 Å². The van der Waals surface area contributed by atoms with Gasteiger partial charge in [-0.05, 0) is 80.5 Å². The van der Waals surface area contributed by atoms with Crippen LogP contribution in [0, 0.1) is 13.8 Å². The molecule has 4 aromatic rings. The Morgan fingerprint density at radius 1 is 1.09 bits per heavy atom. The molecule has 9 bridgehead atoms. The molecule has 0 radical (unpaired) electrons. The molecule has 0 saturated heterocycles. The van der Waals surface area contributed by atoms with Crippen LogP contribution in [0.2, 0.25) is 0 Å². The van der Waals surface area contributed by atoms with Gasteiger partial charge in [-0.25, -0.2) is 4.68 Å². The van der Waals surface area contributed by atoms with Gasteiger partial charge in [0, 0.05) is 30.6 Å². The Kier molecular flexibility index (Phi) is 8.45. The molecule has 4 heterocycles. The molecule has 0 spiro atoms. The van der Waals surface area contributed by atoms with Gasteiger partial charge >= 0.3 is 16.3 Å². The van der Waals surface area contributed by atoms with Crippen molar-refractivity contribution in [3.05, 3.63) is 75.8 Å². The lowest BCUT2D eigenvalue weighted by Crippen LogP contribution is -2.39. The van der Waals surface area contributed by atoms with Gasteiger partial charge in [-0.2, -0.15) is 12.7 Å². The van der Waals surface area contributed by atoms with Crippen molar-refractivity contribution >= 4 is 27.3 Å². The first-order valence-corrected chi connectivity index (χ1v) is 16.6. The number of benzene rings is 3. The van der Waals surface area contributed by atoms with Gasteiger partial charge in [-0.1, -0.05) is 29.5 Å². The van der Waals surface area contributed by atoms with E-state index in [1.807, 2.05) is 61.9 Å². The van der Waals surface area contributed by atoms with Gasteiger partial charge in [0.1, 0.15) is 11.3 Å². The number of carbonyl (C=O) groups is 1. The first-order chi connectivity index (χ1) is 21.6. The molecule has 0 aliphatic carbocycles. The van der Waals surface area contributed by atoms with E-state index in [1.54, 1.807) is 13.0 Å². The van der Waals surface area contributed by atoms with Crippen molar-refractivity contribution in [2.45, 2.75) is 72.0 Å². The lowest BCUT2D eigenvalue weighted by molar-refractivity contribution is -0.143. The number of rotatable bonds is 4. The average Bonchev–Trinajstić information content (AvgIpc) is 3.43. The maximum atomic E-state index is 13.6. The van der Waals surface area contributed by atoms with Crippen LogP contribution in [0.25, 0.3) is 11.0 Å². The molecule has 0 N–H and O–H groups in total. The molecular weight excluding hydrogens is 596 g/mol. The number of methoxy groups -OCH3 is 1. The molecule has 3 aliphatic rings. The van der Waals surface area contributed by atoms with Crippen LogP contribution in [0.4, 0.5) is 0 Å².